The third kappa shape index (κ3) is 5.81. The van der Waals surface area contributed by atoms with Crippen molar-refractivity contribution in [2.75, 3.05) is 24.1 Å². The number of methoxy groups -OCH3 is 1. The SMILES string of the molecule is CCNC(=O)c1cc(S(=O)(=O)Nc2nnc(SCC(C)C)s2)ccc1OC. The van der Waals surface area contributed by atoms with E-state index in [1.165, 1.54) is 48.4 Å². The number of hydrogen-bond acceptors (Lipinski definition) is 8. The molecule has 27 heavy (non-hydrogen) atoms. The van der Waals surface area contributed by atoms with E-state index in [-0.39, 0.29) is 15.6 Å². The zero-order valence-corrected chi connectivity index (χ0v) is 17.9. The Morgan fingerprint density at radius 3 is 2.70 bits per heavy atom. The van der Waals surface area contributed by atoms with E-state index in [0.29, 0.717) is 22.6 Å². The Hall–Kier alpha value is -1.85. The van der Waals surface area contributed by atoms with Crippen LogP contribution in [0.3, 0.4) is 0 Å². The summed E-state index contributed by atoms with van der Waals surface area (Å²) in [7, 11) is -2.50. The molecule has 148 valence electrons. The number of carbonyl (C=O) groups excluding carboxylic acids is 1. The molecule has 0 saturated carbocycles. The molecule has 2 rings (SSSR count). The molecule has 0 spiro atoms. The van der Waals surface area contributed by atoms with E-state index in [1.807, 2.05) is 0 Å². The predicted molar refractivity (Wildman–Crippen MR) is 107 cm³/mol. The number of nitrogens with one attached hydrogen (secondary N) is 2. The van der Waals surface area contributed by atoms with Gasteiger partial charge in [-0.3, -0.25) is 9.52 Å². The van der Waals surface area contributed by atoms with Crippen molar-refractivity contribution in [2.24, 2.45) is 5.92 Å². The van der Waals surface area contributed by atoms with Crippen molar-refractivity contribution in [3.05, 3.63) is 23.8 Å². The lowest BCUT2D eigenvalue weighted by atomic mass is 10.2. The summed E-state index contributed by atoms with van der Waals surface area (Å²) in [4.78, 5) is 12.1. The number of amides is 1. The molecule has 0 fully saturated rings. The Morgan fingerprint density at radius 2 is 2.07 bits per heavy atom. The van der Waals surface area contributed by atoms with E-state index < -0.39 is 15.9 Å². The maximum Gasteiger partial charge on any atom is 0.263 e. The van der Waals surface area contributed by atoms with Crippen LogP contribution < -0.4 is 14.8 Å². The highest BCUT2D eigenvalue weighted by Crippen LogP contribution is 2.29. The third-order valence-electron chi connectivity index (χ3n) is 3.23. The summed E-state index contributed by atoms with van der Waals surface area (Å²) in [5, 5.41) is 10.7. The molecule has 0 aliphatic heterocycles. The first-order chi connectivity index (χ1) is 12.8. The molecular weight excluding hydrogens is 408 g/mol. The van der Waals surface area contributed by atoms with Crippen molar-refractivity contribution < 1.29 is 17.9 Å². The number of thioether (sulfide) groups is 1. The number of benzene rings is 1. The minimum Gasteiger partial charge on any atom is -0.496 e. The molecule has 0 aliphatic rings. The quantitative estimate of drug-likeness (QED) is 0.589. The van der Waals surface area contributed by atoms with Gasteiger partial charge >= 0.3 is 0 Å². The first-order valence-electron chi connectivity index (χ1n) is 8.22. The van der Waals surface area contributed by atoms with Gasteiger partial charge in [0.15, 0.2) is 4.34 Å². The van der Waals surface area contributed by atoms with Crippen LogP contribution in [0.5, 0.6) is 5.75 Å². The van der Waals surface area contributed by atoms with Gasteiger partial charge in [0.2, 0.25) is 5.13 Å². The van der Waals surface area contributed by atoms with Gasteiger partial charge in [-0.25, -0.2) is 8.42 Å². The highest BCUT2D eigenvalue weighted by atomic mass is 32.2. The molecule has 0 radical (unpaired) electrons. The van der Waals surface area contributed by atoms with E-state index in [0.717, 1.165) is 5.75 Å². The summed E-state index contributed by atoms with van der Waals surface area (Å²) in [5.74, 6) is 1.25. The number of aromatic nitrogens is 2. The molecule has 0 aliphatic carbocycles. The Morgan fingerprint density at radius 1 is 1.33 bits per heavy atom. The van der Waals surface area contributed by atoms with Gasteiger partial charge in [0.05, 0.1) is 17.6 Å². The van der Waals surface area contributed by atoms with Gasteiger partial charge in [0, 0.05) is 12.3 Å². The first-order valence-corrected chi connectivity index (χ1v) is 11.5. The highest BCUT2D eigenvalue weighted by molar-refractivity contribution is 8.01. The Kier molecular flexibility index (Phi) is 7.45. The lowest BCUT2D eigenvalue weighted by Crippen LogP contribution is -2.24. The third-order valence-corrected chi connectivity index (χ3v) is 7.10. The van der Waals surface area contributed by atoms with Crippen LogP contribution in [0.4, 0.5) is 5.13 Å². The van der Waals surface area contributed by atoms with Crippen molar-refractivity contribution in [3.8, 4) is 5.75 Å². The molecule has 1 amide bonds. The predicted octanol–water partition coefficient (Wildman–Crippen LogP) is 2.85. The van der Waals surface area contributed by atoms with Crippen LogP contribution in [0.1, 0.15) is 31.1 Å². The molecule has 1 aromatic carbocycles. The number of ether oxygens (including phenoxy) is 1. The summed E-state index contributed by atoms with van der Waals surface area (Å²) in [6.45, 7) is 6.37. The van der Waals surface area contributed by atoms with Crippen LogP contribution in [-0.4, -0.2) is 43.9 Å². The zero-order valence-electron chi connectivity index (χ0n) is 15.5. The van der Waals surface area contributed by atoms with Gasteiger partial charge in [-0.1, -0.05) is 36.9 Å². The highest BCUT2D eigenvalue weighted by Gasteiger charge is 2.21. The Balaban J connectivity index is 2.23. The molecule has 1 heterocycles. The first kappa shape index (κ1) is 21.5. The van der Waals surface area contributed by atoms with E-state index in [2.05, 4.69) is 34.1 Å². The standard InChI is InChI=1S/C16H22N4O4S3/c1-5-17-14(21)12-8-11(6-7-13(12)24-4)27(22,23)20-15-18-19-16(26-15)25-9-10(2)3/h6-8,10H,5,9H2,1-4H3,(H,17,21)(H,18,20). The molecule has 0 unspecified atom stereocenters. The van der Waals surface area contributed by atoms with Gasteiger partial charge < -0.3 is 10.1 Å². The fraction of sp³-hybridized carbons (Fsp3) is 0.438. The number of carbonyl (C=O) groups is 1. The minimum atomic E-state index is -3.91. The summed E-state index contributed by atoms with van der Waals surface area (Å²) >= 11 is 2.70. The van der Waals surface area contributed by atoms with Crippen LogP contribution in [-0.2, 0) is 10.0 Å². The molecule has 2 aromatic rings. The largest absolute Gasteiger partial charge is 0.496 e. The van der Waals surface area contributed by atoms with Crippen molar-refractivity contribution in [2.45, 2.75) is 30.0 Å². The molecular formula is C16H22N4O4S3. The summed E-state index contributed by atoms with van der Waals surface area (Å²) in [6.07, 6.45) is 0. The smallest absolute Gasteiger partial charge is 0.263 e. The molecule has 0 atom stereocenters. The second-order valence-electron chi connectivity index (χ2n) is 5.91. The van der Waals surface area contributed by atoms with E-state index >= 15 is 0 Å². The lowest BCUT2D eigenvalue weighted by molar-refractivity contribution is 0.0952. The second kappa shape index (κ2) is 9.38. The molecule has 0 saturated heterocycles. The summed E-state index contributed by atoms with van der Waals surface area (Å²) < 4.78 is 33.6. The maximum atomic E-state index is 12.7. The average molecular weight is 431 g/mol. The fourth-order valence-electron chi connectivity index (χ4n) is 2.01. The van der Waals surface area contributed by atoms with Crippen LogP contribution >= 0.6 is 23.1 Å². The molecule has 8 nitrogen and oxygen atoms in total. The van der Waals surface area contributed by atoms with Gasteiger partial charge in [0.25, 0.3) is 15.9 Å². The number of rotatable bonds is 9. The summed E-state index contributed by atoms with van der Waals surface area (Å²) in [5.41, 5.74) is 0.146. The van der Waals surface area contributed by atoms with Crippen molar-refractivity contribution in [1.29, 1.82) is 0 Å². The minimum absolute atomic E-state index is 0.0591. The van der Waals surface area contributed by atoms with Crippen molar-refractivity contribution in [1.82, 2.24) is 15.5 Å². The zero-order chi connectivity index (χ0) is 20.0. The number of anilines is 1. The fourth-order valence-corrected chi connectivity index (χ4v) is 4.99. The van der Waals surface area contributed by atoms with E-state index in [9.17, 15) is 13.2 Å². The van der Waals surface area contributed by atoms with Gasteiger partial charge in [-0.15, -0.1) is 10.2 Å². The molecule has 11 heteroatoms. The number of sulfonamides is 1. The Labute approximate surface area is 167 Å². The van der Waals surface area contributed by atoms with Gasteiger partial charge in [-0.05, 0) is 31.0 Å². The van der Waals surface area contributed by atoms with Gasteiger partial charge in [-0.2, -0.15) is 0 Å². The van der Waals surface area contributed by atoms with Gasteiger partial charge in [0.1, 0.15) is 5.75 Å². The van der Waals surface area contributed by atoms with Crippen LogP contribution in [0.2, 0.25) is 0 Å². The van der Waals surface area contributed by atoms with Crippen LogP contribution in [0.15, 0.2) is 27.4 Å². The van der Waals surface area contributed by atoms with Crippen molar-refractivity contribution >= 4 is 44.2 Å². The number of nitrogens with zero attached hydrogens (tertiary/aromatic N) is 2. The lowest BCUT2D eigenvalue weighted by Gasteiger charge is -2.11. The van der Waals surface area contributed by atoms with Crippen molar-refractivity contribution in [3.63, 3.8) is 0 Å². The second-order valence-corrected chi connectivity index (χ2v) is 9.83. The van der Waals surface area contributed by atoms with Crippen LogP contribution in [0, 0.1) is 5.92 Å². The topological polar surface area (TPSA) is 110 Å². The molecule has 2 N–H and O–H groups in total. The average Bonchev–Trinajstić information content (AvgIpc) is 3.06. The Bertz CT molecular complexity index is 897. The normalized spacial score (nSPS) is 11.4. The monoisotopic (exact) mass is 430 g/mol. The van der Waals surface area contributed by atoms with E-state index in [4.69, 9.17) is 4.74 Å². The molecule has 1 aromatic heterocycles. The maximum absolute atomic E-state index is 12.7. The van der Waals surface area contributed by atoms with Crippen LogP contribution in [0.25, 0.3) is 0 Å². The molecule has 0 bridgehead atoms. The van der Waals surface area contributed by atoms with E-state index in [1.54, 1.807) is 6.92 Å². The number of hydrogen-bond donors (Lipinski definition) is 2. The summed E-state index contributed by atoms with van der Waals surface area (Å²) in [6, 6.07) is 4.10.